The number of halogens is 3. The van der Waals surface area contributed by atoms with Gasteiger partial charge in [0, 0.05) is 17.3 Å². The number of ether oxygens (including phenoxy) is 3. The van der Waals surface area contributed by atoms with Crippen LogP contribution in [0.3, 0.4) is 0 Å². The third kappa shape index (κ3) is 3.71. The van der Waals surface area contributed by atoms with Gasteiger partial charge in [0.1, 0.15) is 11.5 Å². The number of hydrogen-bond acceptors (Lipinski definition) is 5. The Morgan fingerprint density at radius 2 is 1.76 bits per heavy atom. The largest absolute Gasteiger partial charge is 0.497 e. The maximum absolute atomic E-state index is 13.4. The zero-order valence-electron chi connectivity index (χ0n) is 15.0. The van der Waals surface area contributed by atoms with Crippen LogP contribution in [0.1, 0.15) is 16.1 Å². The Balaban J connectivity index is 1.66. The average molecular weight is 405 g/mol. The molecule has 1 aromatic heterocycles. The van der Waals surface area contributed by atoms with E-state index in [-0.39, 0.29) is 18.2 Å². The normalized spacial score (nSPS) is 12.7. The Labute approximate surface area is 162 Å². The van der Waals surface area contributed by atoms with Gasteiger partial charge in [-0.25, -0.2) is 0 Å². The molecule has 29 heavy (non-hydrogen) atoms. The summed E-state index contributed by atoms with van der Waals surface area (Å²) in [5, 5.41) is 2.43. The summed E-state index contributed by atoms with van der Waals surface area (Å²) in [6.07, 6.45) is -4.84. The van der Waals surface area contributed by atoms with Crippen molar-refractivity contribution in [3.05, 3.63) is 59.9 Å². The summed E-state index contributed by atoms with van der Waals surface area (Å²) in [7, 11) is 1.47. The van der Waals surface area contributed by atoms with Crippen molar-refractivity contribution >= 4 is 11.6 Å². The lowest BCUT2D eigenvalue weighted by molar-refractivity contribution is -0.153. The van der Waals surface area contributed by atoms with E-state index < -0.39 is 23.4 Å². The van der Waals surface area contributed by atoms with Crippen LogP contribution in [0.5, 0.6) is 17.2 Å². The predicted octanol–water partition coefficient (Wildman–Crippen LogP) is 4.96. The minimum absolute atomic E-state index is 0.0396. The monoisotopic (exact) mass is 405 g/mol. The second-order valence-electron chi connectivity index (χ2n) is 6.10. The number of nitrogens with one attached hydrogen (secondary N) is 1. The van der Waals surface area contributed by atoms with E-state index in [4.69, 9.17) is 18.6 Å². The molecule has 1 aliphatic heterocycles. The van der Waals surface area contributed by atoms with E-state index in [2.05, 4.69) is 5.32 Å². The molecule has 0 atom stereocenters. The van der Waals surface area contributed by atoms with Gasteiger partial charge in [-0.3, -0.25) is 4.79 Å². The fourth-order valence-electron chi connectivity index (χ4n) is 2.84. The van der Waals surface area contributed by atoms with Crippen molar-refractivity contribution in [2.24, 2.45) is 0 Å². The lowest BCUT2D eigenvalue weighted by Crippen LogP contribution is -2.16. The minimum Gasteiger partial charge on any atom is -0.497 e. The molecule has 0 unspecified atom stereocenters. The van der Waals surface area contributed by atoms with Gasteiger partial charge < -0.3 is 23.9 Å². The average Bonchev–Trinajstić information content (AvgIpc) is 3.34. The van der Waals surface area contributed by atoms with Gasteiger partial charge in [0.15, 0.2) is 11.5 Å². The molecule has 150 valence electrons. The molecule has 9 heteroatoms. The molecule has 0 radical (unpaired) electrons. The number of furan rings is 1. The first kappa shape index (κ1) is 18.7. The van der Waals surface area contributed by atoms with Crippen LogP contribution in [-0.4, -0.2) is 19.8 Å². The number of carbonyl (C=O) groups excluding carboxylic acids is 1. The topological polar surface area (TPSA) is 69.9 Å². The van der Waals surface area contributed by atoms with E-state index in [1.807, 2.05) is 0 Å². The number of benzene rings is 2. The summed E-state index contributed by atoms with van der Waals surface area (Å²) in [4.78, 5) is 12.6. The van der Waals surface area contributed by atoms with E-state index in [9.17, 15) is 18.0 Å². The maximum atomic E-state index is 13.4. The highest BCUT2D eigenvalue weighted by Crippen LogP contribution is 2.38. The van der Waals surface area contributed by atoms with Gasteiger partial charge in [-0.05, 0) is 42.5 Å². The van der Waals surface area contributed by atoms with Crippen LogP contribution in [0.2, 0.25) is 0 Å². The number of rotatable bonds is 4. The molecule has 0 saturated heterocycles. The van der Waals surface area contributed by atoms with Crippen molar-refractivity contribution < 1.29 is 36.6 Å². The third-order valence-corrected chi connectivity index (χ3v) is 4.24. The van der Waals surface area contributed by atoms with Gasteiger partial charge in [-0.2, -0.15) is 13.2 Å². The SMILES string of the molecule is COc1ccc(-c2cc(C(=O)Nc3ccc4c(c3)OCO4)c(C(F)(F)F)o2)cc1. The molecule has 2 heterocycles. The fraction of sp³-hybridized carbons (Fsp3) is 0.150. The van der Waals surface area contributed by atoms with Gasteiger partial charge >= 0.3 is 6.18 Å². The van der Waals surface area contributed by atoms with Gasteiger partial charge in [0.2, 0.25) is 12.6 Å². The number of hydrogen-bond donors (Lipinski definition) is 1. The quantitative estimate of drug-likeness (QED) is 0.665. The number of fused-ring (bicyclic) bond motifs is 1. The molecular weight excluding hydrogens is 391 g/mol. The first-order chi connectivity index (χ1) is 13.8. The van der Waals surface area contributed by atoms with Gasteiger partial charge in [-0.1, -0.05) is 0 Å². The highest BCUT2D eigenvalue weighted by atomic mass is 19.4. The number of anilines is 1. The molecule has 1 amide bonds. The first-order valence-electron chi connectivity index (χ1n) is 8.41. The molecule has 0 fully saturated rings. The number of carbonyl (C=O) groups is 1. The summed E-state index contributed by atoms with van der Waals surface area (Å²) < 4.78 is 60.7. The van der Waals surface area contributed by atoms with Crippen LogP contribution in [0.25, 0.3) is 11.3 Å². The fourth-order valence-corrected chi connectivity index (χ4v) is 2.84. The Kier molecular flexibility index (Phi) is 4.57. The smallest absolute Gasteiger partial charge is 0.450 e. The lowest BCUT2D eigenvalue weighted by atomic mass is 10.1. The van der Waals surface area contributed by atoms with Crippen LogP contribution >= 0.6 is 0 Å². The highest BCUT2D eigenvalue weighted by molar-refractivity contribution is 6.06. The molecule has 3 aromatic rings. The summed E-state index contributed by atoms with van der Waals surface area (Å²) in [6, 6.07) is 11.8. The Bertz CT molecular complexity index is 1060. The molecule has 0 saturated carbocycles. The van der Waals surface area contributed by atoms with E-state index in [1.54, 1.807) is 18.2 Å². The van der Waals surface area contributed by atoms with E-state index in [0.29, 0.717) is 22.8 Å². The molecular formula is C20H14F3NO5. The van der Waals surface area contributed by atoms with Gasteiger partial charge in [0.05, 0.1) is 12.7 Å². The van der Waals surface area contributed by atoms with Crippen LogP contribution in [0, 0.1) is 0 Å². The molecule has 1 N–H and O–H groups in total. The third-order valence-electron chi connectivity index (χ3n) is 4.24. The number of amides is 1. The van der Waals surface area contributed by atoms with Crippen LogP contribution in [0.15, 0.2) is 52.9 Å². The van der Waals surface area contributed by atoms with Crippen LogP contribution in [0.4, 0.5) is 18.9 Å². The zero-order chi connectivity index (χ0) is 20.6. The molecule has 2 aromatic carbocycles. The first-order valence-corrected chi connectivity index (χ1v) is 8.41. The summed E-state index contributed by atoms with van der Waals surface area (Å²) in [5.41, 5.74) is 0.0130. The predicted molar refractivity (Wildman–Crippen MR) is 96.2 cm³/mol. The summed E-state index contributed by atoms with van der Waals surface area (Å²) in [5.74, 6) is -0.997. The van der Waals surface area contributed by atoms with Gasteiger partial charge in [-0.15, -0.1) is 0 Å². The Hall–Kier alpha value is -3.62. The van der Waals surface area contributed by atoms with Crippen molar-refractivity contribution in [1.82, 2.24) is 0 Å². The maximum Gasteiger partial charge on any atom is 0.450 e. The van der Waals surface area contributed by atoms with Crippen molar-refractivity contribution in [3.8, 4) is 28.6 Å². The zero-order valence-corrected chi connectivity index (χ0v) is 15.0. The van der Waals surface area contributed by atoms with E-state index in [1.165, 1.54) is 31.4 Å². The van der Waals surface area contributed by atoms with E-state index in [0.717, 1.165) is 6.07 Å². The van der Waals surface area contributed by atoms with Crippen molar-refractivity contribution in [1.29, 1.82) is 0 Å². The minimum atomic E-state index is -4.84. The molecule has 1 aliphatic rings. The second kappa shape index (κ2) is 7.08. The van der Waals surface area contributed by atoms with Crippen LogP contribution < -0.4 is 19.5 Å². The number of alkyl halides is 3. The molecule has 0 spiro atoms. The standard InChI is InChI=1S/C20H14F3NO5/c1-26-13-5-2-11(3-6-13)16-9-14(18(29-16)20(21,22)23)19(25)24-12-4-7-15-17(8-12)28-10-27-15/h2-9H,10H2,1H3,(H,24,25). The molecule has 0 aliphatic carbocycles. The van der Waals surface area contributed by atoms with Crippen molar-refractivity contribution in [3.63, 3.8) is 0 Å². The molecule has 4 rings (SSSR count). The van der Waals surface area contributed by atoms with E-state index >= 15 is 0 Å². The Morgan fingerprint density at radius 1 is 1.03 bits per heavy atom. The highest BCUT2D eigenvalue weighted by Gasteiger charge is 2.40. The lowest BCUT2D eigenvalue weighted by Gasteiger charge is -2.08. The summed E-state index contributed by atoms with van der Waals surface area (Å²) in [6.45, 7) is 0.0396. The van der Waals surface area contributed by atoms with Crippen molar-refractivity contribution in [2.45, 2.75) is 6.18 Å². The molecule has 0 bridgehead atoms. The Morgan fingerprint density at radius 3 is 2.45 bits per heavy atom. The molecule has 6 nitrogen and oxygen atoms in total. The number of methoxy groups -OCH3 is 1. The van der Waals surface area contributed by atoms with Gasteiger partial charge in [0.25, 0.3) is 5.91 Å². The summed E-state index contributed by atoms with van der Waals surface area (Å²) >= 11 is 0. The van der Waals surface area contributed by atoms with Crippen LogP contribution in [-0.2, 0) is 6.18 Å². The van der Waals surface area contributed by atoms with Crippen molar-refractivity contribution in [2.75, 3.05) is 19.2 Å². The second-order valence-corrected chi connectivity index (χ2v) is 6.10.